The maximum atomic E-state index is 16.8. The van der Waals surface area contributed by atoms with Gasteiger partial charge in [-0.1, -0.05) is 17.5 Å². The Hall–Kier alpha value is -3.51. The van der Waals surface area contributed by atoms with E-state index in [1.165, 1.54) is 6.26 Å². The Labute approximate surface area is 260 Å². The van der Waals surface area contributed by atoms with Gasteiger partial charge in [0.05, 0.1) is 47.8 Å². The summed E-state index contributed by atoms with van der Waals surface area (Å²) >= 11 is 5.15. The van der Waals surface area contributed by atoms with Crippen molar-refractivity contribution in [2.24, 2.45) is 0 Å². The Balaban J connectivity index is 1.52. The van der Waals surface area contributed by atoms with Crippen molar-refractivity contribution in [2.45, 2.75) is 43.2 Å². The lowest BCUT2D eigenvalue weighted by atomic mass is 9.99. The molecule has 5 aromatic rings. The van der Waals surface area contributed by atoms with Crippen LogP contribution in [-0.2, 0) is 20.6 Å². The van der Waals surface area contributed by atoms with E-state index in [2.05, 4.69) is 26.0 Å². The van der Waals surface area contributed by atoms with Crippen LogP contribution in [0.2, 0.25) is 5.02 Å². The molecule has 0 bridgehead atoms. The molecule has 2 fully saturated rings. The third-order valence-electron chi connectivity index (χ3n) is 8.06. The number of halogens is 2. The monoisotopic (exact) mass is 637 g/mol. The van der Waals surface area contributed by atoms with Gasteiger partial charge in [0.25, 0.3) is 0 Å². The first kappa shape index (κ1) is 29.2. The highest BCUT2D eigenvalue weighted by atomic mass is 35.5. The van der Waals surface area contributed by atoms with Gasteiger partial charge in [-0.25, -0.2) is 9.07 Å². The van der Waals surface area contributed by atoms with Crippen molar-refractivity contribution >= 4 is 56.0 Å². The van der Waals surface area contributed by atoms with Crippen LogP contribution in [0.15, 0.2) is 29.8 Å². The number of β-amino-alcohol motifs (C(OH)–C–C–N with tert-alkyl or cyclic N) is 1. The number of rotatable bonds is 4. The third kappa shape index (κ3) is 4.77. The van der Waals surface area contributed by atoms with Crippen LogP contribution in [0.5, 0.6) is 0 Å². The zero-order valence-electron chi connectivity index (χ0n) is 24.1. The molecule has 3 atom stereocenters. The predicted molar refractivity (Wildman–Crippen MR) is 165 cm³/mol. The summed E-state index contributed by atoms with van der Waals surface area (Å²) in [4.78, 5) is 15.4. The largest absolute Gasteiger partial charge is 0.609 e. The molecule has 7 rings (SSSR count). The molecule has 44 heavy (non-hydrogen) atoms. The molecule has 0 saturated carbocycles. The van der Waals surface area contributed by atoms with E-state index in [9.17, 15) is 9.66 Å². The normalized spacial score (nSPS) is 22.0. The van der Waals surface area contributed by atoms with Gasteiger partial charge in [0.1, 0.15) is 28.4 Å². The van der Waals surface area contributed by atoms with E-state index < -0.39 is 22.6 Å². The lowest BCUT2D eigenvalue weighted by molar-refractivity contribution is -0.0366. The van der Waals surface area contributed by atoms with Gasteiger partial charge >= 0.3 is 5.16 Å². The van der Waals surface area contributed by atoms with E-state index in [1.807, 2.05) is 0 Å². The van der Waals surface area contributed by atoms with Crippen molar-refractivity contribution in [3.05, 3.63) is 41.1 Å². The van der Waals surface area contributed by atoms with Gasteiger partial charge in [0, 0.05) is 47.7 Å². The molecular weight excluding hydrogens is 609 g/mol. The second kappa shape index (κ2) is 11.1. The average molecular weight is 638 g/mol. The molecule has 2 unspecified atom stereocenters. The zero-order valence-corrected chi connectivity index (χ0v) is 25.7. The molecular formula is C30H29ClFN7O4S. The van der Waals surface area contributed by atoms with Crippen molar-refractivity contribution in [2.75, 3.05) is 44.1 Å². The van der Waals surface area contributed by atoms with Crippen molar-refractivity contribution in [1.29, 1.82) is 0 Å². The molecule has 0 aliphatic carbocycles. The molecule has 228 valence electrons. The summed E-state index contributed by atoms with van der Waals surface area (Å²) in [7, 11) is 0. The molecule has 2 aliphatic heterocycles. The maximum absolute atomic E-state index is 16.8. The molecule has 0 amide bonds. The minimum absolute atomic E-state index is 0.0360. The van der Waals surface area contributed by atoms with Crippen LogP contribution >= 0.6 is 11.6 Å². The van der Waals surface area contributed by atoms with Gasteiger partial charge in [-0.05, 0) is 32.3 Å². The Morgan fingerprint density at radius 2 is 2.11 bits per heavy atom. The number of hydrogen-bond donors (Lipinski definition) is 1. The minimum Gasteiger partial charge on any atom is -0.609 e. The van der Waals surface area contributed by atoms with Gasteiger partial charge in [0.15, 0.2) is 17.9 Å². The second-order valence-corrected chi connectivity index (χ2v) is 13.0. The fraction of sp³-hybridized carbons (Fsp3) is 0.400. The molecule has 2 aliphatic rings. The predicted octanol–water partition coefficient (Wildman–Crippen LogP) is 4.09. The second-order valence-electron chi connectivity index (χ2n) is 11.4. The number of aromatic nitrogens is 6. The van der Waals surface area contributed by atoms with Crippen molar-refractivity contribution in [3.8, 4) is 23.6 Å². The highest BCUT2D eigenvalue weighted by Crippen LogP contribution is 2.42. The molecule has 0 radical (unpaired) electrons. The first-order valence-electron chi connectivity index (χ1n) is 14.2. The van der Waals surface area contributed by atoms with Crippen LogP contribution in [-0.4, -0.2) is 83.6 Å². The van der Waals surface area contributed by atoms with Crippen LogP contribution < -0.4 is 4.90 Å². The summed E-state index contributed by atoms with van der Waals surface area (Å²) in [6, 6.07) is 1.76. The van der Waals surface area contributed by atoms with Crippen molar-refractivity contribution in [3.63, 3.8) is 0 Å². The zero-order chi connectivity index (χ0) is 30.7. The van der Waals surface area contributed by atoms with Gasteiger partial charge in [0.2, 0.25) is 0 Å². The number of terminal acetylenes is 1. The molecule has 11 nitrogen and oxygen atoms in total. The maximum Gasteiger partial charge on any atom is 0.345 e. The van der Waals surface area contributed by atoms with Crippen LogP contribution in [0, 0.1) is 18.2 Å². The van der Waals surface area contributed by atoms with Crippen LogP contribution in [0.4, 0.5) is 10.2 Å². The number of anilines is 1. The topological polar surface area (TPSA) is 126 Å². The summed E-state index contributed by atoms with van der Waals surface area (Å²) in [5.41, 5.74) is 0.910. The number of fused-ring (bicyclic) bond motifs is 4. The summed E-state index contributed by atoms with van der Waals surface area (Å²) in [5, 5.41) is 16.5. The molecule has 1 N–H and O–H groups in total. The third-order valence-corrected chi connectivity index (χ3v) is 9.05. The lowest BCUT2D eigenvalue weighted by Crippen LogP contribution is -2.42. The Morgan fingerprint density at radius 3 is 2.86 bits per heavy atom. The number of ether oxygens (including phenoxy) is 2. The Kier molecular flexibility index (Phi) is 7.39. The molecule has 2 saturated heterocycles. The molecule has 14 heteroatoms. The Morgan fingerprint density at radius 1 is 1.27 bits per heavy atom. The molecule has 4 aromatic heterocycles. The smallest absolute Gasteiger partial charge is 0.345 e. The molecule has 6 heterocycles. The van der Waals surface area contributed by atoms with Crippen LogP contribution in [0.25, 0.3) is 38.7 Å². The fourth-order valence-electron chi connectivity index (χ4n) is 6.13. The first-order chi connectivity index (χ1) is 21.2. The standard InChI is InChI=1S/C30H29ClFN7O4S/c1-4-17-19(31)13-20-18(14-34-39(20)21-7-5-6-11-43-21)22(17)24-26-23(32)25-27(38(26)9-8-33-24)28(36-29(35-25)44(3)41)37-10-12-42-16-30(2,40)15-37/h1,8-9,13-14,21,40H,5-7,10-12,15-16H2,2-3H3/t21?,30-,44?/m0/s1. The van der Waals surface area contributed by atoms with E-state index >= 15 is 4.39 Å². The molecule has 0 spiro atoms. The van der Waals surface area contributed by atoms with E-state index in [0.717, 1.165) is 19.3 Å². The highest BCUT2D eigenvalue weighted by molar-refractivity contribution is 7.90. The number of nitrogens with zero attached hydrogens (tertiary/aromatic N) is 7. The van der Waals surface area contributed by atoms with Gasteiger partial charge in [-0.3, -0.25) is 4.98 Å². The average Bonchev–Trinajstić information content (AvgIpc) is 3.49. The van der Waals surface area contributed by atoms with Gasteiger partial charge < -0.3 is 28.4 Å². The summed E-state index contributed by atoms with van der Waals surface area (Å²) in [5.74, 6) is 2.31. The highest BCUT2D eigenvalue weighted by Gasteiger charge is 2.33. The van der Waals surface area contributed by atoms with Crippen molar-refractivity contribution < 1.29 is 23.5 Å². The lowest BCUT2D eigenvalue weighted by Gasteiger charge is -2.28. The van der Waals surface area contributed by atoms with Crippen LogP contribution in [0.1, 0.15) is 38.0 Å². The van der Waals surface area contributed by atoms with E-state index in [0.29, 0.717) is 58.1 Å². The number of aliphatic hydroxyl groups is 1. The van der Waals surface area contributed by atoms with Gasteiger partial charge in [-0.2, -0.15) is 15.1 Å². The van der Waals surface area contributed by atoms with Crippen molar-refractivity contribution in [1.82, 2.24) is 29.1 Å². The fourth-order valence-corrected chi connectivity index (χ4v) is 6.82. The first-order valence-corrected chi connectivity index (χ1v) is 16.1. The van der Waals surface area contributed by atoms with Crippen LogP contribution in [0.3, 0.4) is 0 Å². The summed E-state index contributed by atoms with van der Waals surface area (Å²) in [6.07, 6.45) is 14.8. The summed E-state index contributed by atoms with van der Waals surface area (Å²) in [6.45, 7) is 3.24. The summed E-state index contributed by atoms with van der Waals surface area (Å²) < 4.78 is 44.4. The van der Waals surface area contributed by atoms with E-state index in [1.54, 1.807) is 45.6 Å². The quantitative estimate of drug-likeness (QED) is 0.176. The van der Waals surface area contributed by atoms with E-state index in [-0.39, 0.29) is 41.3 Å². The van der Waals surface area contributed by atoms with Gasteiger partial charge in [-0.15, -0.1) is 6.42 Å². The Bertz CT molecular complexity index is 1960. The number of hydrogen-bond acceptors (Lipinski definition) is 9. The minimum atomic E-state index is -1.62. The van der Waals surface area contributed by atoms with E-state index in [4.69, 9.17) is 27.5 Å². The number of benzene rings is 1. The molecule has 1 aromatic carbocycles. The SMILES string of the molecule is C#Cc1c(Cl)cc2c(cnn2C2CCCCO2)c1-c1nccn2c1c(F)c1nc([S+](C)[O-])nc(N3CCOC[C@@](C)(O)C3)c12.